The lowest BCUT2D eigenvalue weighted by Gasteiger charge is -2.35. The normalized spacial score (nSPS) is 17.0. The highest BCUT2D eigenvalue weighted by Crippen LogP contribution is 2.27. The van der Waals surface area contributed by atoms with E-state index in [1.807, 2.05) is 0 Å². The van der Waals surface area contributed by atoms with Gasteiger partial charge in [0.2, 0.25) is 21.7 Å². The summed E-state index contributed by atoms with van der Waals surface area (Å²) in [6.07, 6.45) is 3.83. The molecule has 26 heavy (non-hydrogen) atoms. The third-order valence-electron chi connectivity index (χ3n) is 4.47. The van der Waals surface area contributed by atoms with E-state index in [0.29, 0.717) is 12.8 Å². The van der Waals surface area contributed by atoms with Gasteiger partial charge in [0.25, 0.3) is 0 Å². The van der Waals surface area contributed by atoms with E-state index in [9.17, 15) is 26.8 Å². The molecule has 0 aliphatic heterocycles. The van der Waals surface area contributed by atoms with E-state index in [1.165, 1.54) is 12.1 Å². The average Bonchev–Trinajstić information content (AvgIpc) is 2.61. The first-order valence-corrected chi connectivity index (χ1v) is 9.69. The minimum atomic E-state index is -4.67. The molecule has 0 heterocycles. The summed E-state index contributed by atoms with van der Waals surface area (Å²) in [6, 6.07) is 4.43. The Labute approximate surface area is 150 Å². The summed E-state index contributed by atoms with van der Waals surface area (Å²) in [7, 11) is -4.67. The third kappa shape index (κ3) is 4.55. The van der Waals surface area contributed by atoms with Gasteiger partial charge in [0.05, 0.1) is 17.0 Å². The van der Waals surface area contributed by atoms with Crippen LogP contribution >= 0.6 is 0 Å². The van der Waals surface area contributed by atoms with Crippen molar-refractivity contribution in [3.8, 4) is 0 Å². The van der Waals surface area contributed by atoms with Gasteiger partial charge in [-0.15, -0.1) is 0 Å². The van der Waals surface area contributed by atoms with E-state index in [-0.39, 0.29) is 12.2 Å². The molecule has 10 heteroatoms. The molecule has 1 aliphatic rings. The number of hydrogen-bond donors (Lipinski definition) is 3. The largest absolute Gasteiger partial charge is 0.368 e. The number of carbonyl (C=O) groups is 2. The number of carbonyl (C=O) groups excluding carboxylic acids is 2. The minimum absolute atomic E-state index is 0.153. The lowest BCUT2D eigenvalue weighted by molar-refractivity contribution is -0.126. The number of nitrogens with one attached hydrogen (secondary N) is 2. The fourth-order valence-electron chi connectivity index (χ4n) is 2.95. The summed E-state index contributed by atoms with van der Waals surface area (Å²) in [6.45, 7) is -0.153. The average molecular weight is 389 g/mol. The molecule has 144 valence electrons. The van der Waals surface area contributed by atoms with Gasteiger partial charge in [-0.2, -0.15) is 8.78 Å². The Morgan fingerprint density at radius 2 is 1.69 bits per heavy atom. The zero-order valence-corrected chi connectivity index (χ0v) is 14.8. The summed E-state index contributed by atoms with van der Waals surface area (Å²) in [4.78, 5) is 23.3. The second-order valence-electron chi connectivity index (χ2n) is 6.24. The van der Waals surface area contributed by atoms with Crippen molar-refractivity contribution < 1.29 is 26.8 Å². The highest BCUT2D eigenvalue weighted by atomic mass is 32.2. The van der Waals surface area contributed by atoms with Crippen LogP contribution in [0.1, 0.15) is 32.1 Å². The van der Waals surface area contributed by atoms with Crippen molar-refractivity contribution >= 4 is 27.3 Å². The van der Waals surface area contributed by atoms with E-state index in [2.05, 4.69) is 10.6 Å². The predicted octanol–water partition coefficient (Wildman–Crippen LogP) is 1.40. The van der Waals surface area contributed by atoms with Crippen LogP contribution in [-0.2, 0) is 19.4 Å². The molecule has 1 aliphatic carbocycles. The molecule has 0 bridgehead atoms. The molecule has 4 N–H and O–H groups in total. The topological polar surface area (TPSA) is 118 Å². The van der Waals surface area contributed by atoms with Crippen LogP contribution in [0.2, 0.25) is 0 Å². The lowest BCUT2D eigenvalue weighted by atomic mass is 9.81. The van der Waals surface area contributed by atoms with Crippen molar-refractivity contribution in [1.29, 1.82) is 0 Å². The molecule has 1 saturated carbocycles. The van der Waals surface area contributed by atoms with Crippen molar-refractivity contribution in [2.24, 2.45) is 5.73 Å². The summed E-state index contributed by atoms with van der Waals surface area (Å²) in [5.41, 5.74) is 4.83. The van der Waals surface area contributed by atoms with Crippen LogP contribution in [0, 0.1) is 0 Å². The molecule has 1 fully saturated rings. The fourth-order valence-corrected chi connectivity index (χ4v) is 3.67. The van der Waals surface area contributed by atoms with Crippen LogP contribution in [0.3, 0.4) is 0 Å². The number of halogens is 2. The molecule has 2 amide bonds. The second kappa shape index (κ2) is 8.09. The maximum atomic E-state index is 12.5. The van der Waals surface area contributed by atoms with Crippen molar-refractivity contribution in [1.82, 2.24) is 5.32 Å². The monoisotopic (exact) mass is 389 g/mol. The molecule has 2 rings (SSSR count). The van der Waals surface area contributed by atoms with Crippen LogP contribution in [-0.4, -0.2) is 38.1 Å². The van der Waals surface area contributed by atoms with Crippen molar-refractivity contribution in [2.75, 3.05) is 11.9 Å². The van der Waals surface area contributed by atoms with Crippen LogP contribution < -0.4 is 16.4 Å². The number of amides is 2. The highest BCUT2D eigenvalue weighted by molar-refractivity contribution is 7.91. The summed E-state index contributed by atoms with van der Waals surface area (Å²) >= 11 is 0. The molecule has 0 saturated heterocycles. The standard InChI is InChI=1S/C16H21F2N3O4S/c17-15(18)26(24,25)12-6-4-11(5-7-12)21-13(22)10-20-16(14(19)23)8-2-1-3-9-16/h4-7,15,20H,1-3,8-10H2,(H2,19,23)(H,21,22). The first-order valence-electron chi connectivity index (χ1n) is 8.14. The first kappa shape index (κ1) is 20.2. The Morgan fingerprint density at radius 1 is 1.12 bits per heavy atom. The maximum absolute atomic E-state index is 12.5. The quantitative estimate of drug-likeness (QED) is 0.651. The van der Waals surface area contributed by atoms with E-state index in [0.717, 1.165) is 31.4 Å². The predicted molar refractivity (Wildman–Crippen MR) is 91.3 cm³/mol. The van der Waals surface area contributed by atoms with E-state index < -0.39 is 37.8 Å². The second-order valence-corrected chi connectivity index (χ2v) is 8.16. The van der Waals surface area contributed by atoms with Crippen molar-refractivity contribution in [3.63, 3.8) is 0 Å². The molecular formula is C16H21F2N3O4S. The SMILES string of the molecule is NC(=O)C1(NCC(=O)Nc2ccc(S(=O)(=O)C(F)F)cc2)CCCCC1. The Bertz CT molecular complexity index is 760. The number of alkyl halides is 2. The first-order chi connectivity index (χ1) is 12.2. The highest BCUT2D eigenvalue weighted by Gasteiger charge is 2.37. The molecule has 1 aromatic rings. The molecule has 0 aromatic heterocycles. The Balaban J connectivity index is 1.96. The van der Waals surface area contributed by atoms with E-state index >= 15 is 0 Å². The zero-order valence-electron chi connectivity index (χ0n) is 14.0. The molecular weight excluding hydrogens is 368 g/mol. The molecule has 7 nitrogen and oxygen atoms in total. The fraction of sp³-hybridized carbons (Fsp3) is 0.500. The summed E-state index contributed by atoms with van der Waals surface area (Å²) in [5.74, 6) is -4.46. The number of hydrogen-bond acceptors (Lipinski definition) is 5. The number of sulfone groups is 1. The summed E-state index contributed by atoms with van der Waals surface area (Å²) < 4.78 is 47.7. The van der Waals surface area contributed by atoms with Crippen LogP contribution in [0.4, 0.5) is 14.5 Å². The number of benzene rings is 1. The van der Waals surface area contributed by atoms with Gasteiger partial charge in [-0.05, 0) is 37.1 Å². The number of anilines is 1. The van der Waals surface area contributed by atoms with E-state index in [4.69, 9.17) is 5.73 Å². The van der Waals surface area contributed by atoms with E-state index in [1.54, 1.807) is 0 Å². The molecule has 0 radical (unpaired) electrons. The lowest BCUT2D eigenvalue weighted by Crippen LogP contribution is -2.58. The van der Waals surface area contributed by atoms with Gasteiger partial charge in [-0.25, -0.2) is 8.42 Å². The van der Waals surface area contributed by atoms with Gasteiger partial charge < -0.3 is 11.1 Å². The van der Waals surface area contributed by atoms with Gasteiger partial charge in [0.15, 0.2) is 0 Å². The Morgan fingerprint density at radius 3 is 2.19 bits per heavy atom. The van der Waals surface area contributed by atoms with Crippen LogP contribution in [0.5, 0.6) is 0 Å². The number of primary amides is 1. The van der Waals surface area contributed by atoms with Gasteiger partial charge in [0, 0.05) is 5.69 Å². The smallest absolute Gasteiger partial charge is 0.341 e. The van der Waals surface area contributed by atoms with Gasteiger partial charge in [0.1, 0.15) is 0 Å². The van der Waals surface area contributed by atoms with Crippen molar-refractivity contribution in [2.45, 2.75) is 48.3 Å². The molecule has 0 spiro atoms. The van der Waals surface area contributed by atoms with Crippen LogP contribution in [0.15, 0.2) is 29.2 Å². The maximum Gasteiger partial charge on any atom is 0.341 e. The zero-order chi connectivity index (χ0) is 19.4. The molecule has 0 atom stereocenters. The van der Waals surface area contributed by atoms with Crippen LogP contribution in [0.25, 0.3) is 0 Å². The Kier molecular flexibility index (Phi) is 6.30. The molecule has 1 aromatic carbocycles. The number of nitrogens with two attached hydrogens (primary N) is 1. The van der Waals surface area contributed by atoms with Crippen molar-refractivity contribution in [3.05, 3.63) is 24.3 Å². The molecule has 0 unspecified atom stereocenters. The van der Waals surface area contributed by atoms with Gasteiger partial charge >= 0.3 is 5.76 Å². The van der Waals surface area contributed by atoms with Gasteiger partial charge in [-0.3, -0.25) is 14.9 Å². The third-order valence-corrected chi connectivity index (χ3v) is 5.87. The number of rotatable bonds is 7. The Hall–Kier alpha value is -2.07. The summed E-state index contributed by atoms with van der Waals surface area (Å²) in [5, 5.41) is 5.43. The van der Waals surface area contributed by atoms with Gasteiger partial charge in [-0.1, -0.05) is 19.3 Å². The minimum Gasteiger partial charge on any atom is -0.368 e.